The fraction of sp³-hybridized carbons (Fsp3) is 0.579. The molecule has 0 bridgehead atoms. The summed E-state index contributed by atoms with van der Waals surface area (Å²) in [4.78, 5) is 28.8. The van der Waals surface area contributed by atoms with Crippen LogP contribution in [0.15, 0.2) is 24.3 Å². The molecule has 24 heavy (non-hydrogen) atoms. The van der Waals surface area contributed by atoms with Crippen LogP contribution in [0.3, 0.4) is 0 Å². The zero-order valence-corrected chi connectivity index (χ0v) is 14.4. The van der Waals surface area contributed by atoms with E-state index in [1.54, 1.807) is 31.1 Å². The molecule has 0 spiro atoms. The Kier molecular flexibility index (Phi) is 4.61. The van der Waals surface area contributed by atoms with Crippen molar-refractivity contribution in [3.05, 3.63) is 35.6 Å². The van der Waals surface area contributed by atoms with Gasteiger partial charge in [-0.25, -0.2) is 4.39 Å². The maximum Gasteiger partial charge on any atom is 0.233 e. The van der Waals surface area contributed by atoms with Crippen molar-refractivity contribution in [2.75, 3.05) is 27.2 Å². The summed E-state index contributed by atoms with van der Waals surface area (Å²) in [6.07, 6.45) is 4.13. The van der Waals surface area contributed by atoms with Gasteiger partial charge in [0.05, 0.1) is 5.41 Å². The van der Waals surface area contributed by atoms with Gasteiger partial charge in [0, 0.05) is 33.1 Å². The van der Waals surface area contributed by atoms with Crippen LogP contribution in [0.2, 0.25) is 0 Å². The van der Waals surface area contributed by atoms with Crippen molar-refractivity contribution in [3.8, 4) is 0 Å². The van der Waals surface area contributed by atoms with Crippen LogP contribution in [0, 0.1) is 11.7 Å². The van der Waals surface area contributed by atoms with Gasteiger partial charge in [-0.1, -0.05) is 18.6 Å². The fourth-order valence-electron chi connectivity index (χ4n) is 3.92. The van der Waals surface area contributed by atoms with Crippen molar-refractivity contribution in [2.45, 2.75) is 37.5 Å². The van der Waals surface area contributed by atoms with Crippen molar-refractivity contribution in [1.29, 1.82) is 0 Å². The van der Waals surface area contributed by atoms with E-state index in [1.165, 1.54) is 12.1 Å². The summed E-state index contributed by atoms with van der Waals surface area (Å²) in [5.74, 6) is 0.0472. The van der Waals surface area contributed by atoms with Gasteiger partial charge in [0.25, 0.3) is 0 Å². The summed E-state index contributed by atoms with van der Waals surface area (Å²) in [5, 5.41) is 0. The highest BCUT2D eigenvalue weighted by molar-refractivity contribution is 5.89. The molecule has 0 atom stereocenters. The lowest BCUT2D eigenvalue weighted by Gasteiger charge is -2.45. The van der Waals surface area contributed by atoms with Gasteiger partial charge in [0.15, 0.2) is 0 Å². The topological polar surface area (TPSA) is 40.6 Å². The van der Waals surface area contributed by atoms with E-state index in [-0.39, 0.29) is 23.5 Å². The second-order valence-corrected chi connectivity index (χ2v) is 7.24. The Morgan fingerprint density at radius 1 is 1.12 bits per heavy atom. The lowest BCUT2D eigenvalue weighted by atomic mass is 9.63. The van der Waals surface area contributed by atoms with E-state index in [4.69, 9.17) is 0 Å². The monoisotopic (exact) mass is 332 g/mol. The standard InChI is InChI=1S/C19H25FN2O2/c1-21(2)17(23)14-8-12-22(13-9-14)18(24)19(10-3-11-19)15-4-6-16(20)7-5-15/h4-7,14H,3,8-13H2,1-2H3. The zero-order chi connectivity index (χ0) is 17.3. The molecule has 0 aromatic heterocycles. The smallest absolute Gasteiger partial charge is 0.233 e. The second kappa shape index (κ2) is 6.54. The molecular formula is C19H25FN2O2. The summed E-state index contributed by atoms with van der Waals surface area (Å²) in [6, 6.07) is 6.36. The summed E-state index contributed by atoms with van der Waals surface area (Å²) >= 11 is 0. The van der Waals surface area contributed by atoms with Crippen molar-refractivity contribution in [3.63, 3.8) is 0 Å². The van der Waals surface area contributed by atoms with Crippen LogP contribution < -0.4 is 0 Å². The Hall–Kier alpha value is -1.91. The van der Waals surface area contributed by atoms with Crippen LogP contribution >= 0.6 is 0 Å². The Balaban J connectivity index is 1.70. The molecule has 130 valence electrons. The van der Waals surface area contributed by atoms with Gasteiger partial charge in [0.2, 0.25) is 11.8 Å². The molecule has 0 unspecified atom stereocenters. The number of piperidine rings is 1. The van der Waals surface area contributed by atoms with Gasteiger partial charge in [-0.2, -0.15) is 0 Å². The molecule has 1 aromatic rings. The molecule has 2 fully saturated rings. The van der Waals surface area contributed by atoms with Crippen LogP contribution in [0.5, 0.6) is 0 Å². The van der Waals surface area contributed by atoms with E-state index < -0.39 is 5.41 Å². The molecular weight excluding hydrogens is 307 g/mol. The molecule has 2 aliphatic rings. The molecule has 1 saturated carbocycles. The van der Waals surface area contributed by atoms with Crippen molar-refractivity contribution in [1.82, 2.24) is 9.80 Å². The first kappa shape index (κ1) is 16.9. The summed E-state index contributed by atoms with van der Waals surface area (Å²) in [6.45, 7) is 1.26. The molecule has 1 heterocycles. The van der Waals surface area contributed by atoms with Gasteiger partial charge in [-0.05, 0) is 43.4 Å². The number of halogens is 1. The van der Waals surface area contributed by atoms with Gasteiger partial charge in [-0.3, -0.25) is 9.59 Å². The predicted octanol–water partition coefficient (Wildman–Crippen LogP) is 2.57. The van der Waals surface area contributed by atoms with E-state index in [9.17, 15) is 14.0 Å². The molecule has 0 N–H and O–H groups in total. The van der Waals surface area contributed by atoms with Crippen molar-refractivity contribution in [2.24, 2.45) is 5.92 Å². The number of nitrogens with zero attached hydrogens (tertiary/aromatic N) is 2. The Morgan fingerprint density at radius 3 is 2.17 bits per heavy atom. The Morgan fingerprint density at radius 2 is 1.71 bits per heavy atom. The fourth-order valence-corrected chi connectivity index (χ4v) is 3.92. The highest BCUT2D eigenvalue weighted by Gasteiger charge is 2.48. The summed E-state index contributed by atoms with van der Waals surface area (Å²) in [7, 11) is 3.55. The normalized spacial score (nSPS) is 20.4. The largest absolute Gasteiger partial charge is 0.349 e. The quantitative estimate of drug-likeness (QED) is 0.853. The number of hydrogen-bond donors (Lipinski definition) is 0. The highest BCUT2D eigenvalue weighted by Crippen LogP contribution is 2.45. The highest BCUT2D eigenvalue weighted by atomic mass is 19.1. The van der Waals surface area contributed by atoms with Gasteiger partial charge in [0.1, 0.15) is 5.82 Å². The first-order chi connectivity index (χ1) is 11.4. The summed E-state index contributed by atoms with van der Waals surface area (Å²) in [5.41, 5.74) is 0.443. The Labute approximate surface area is 142 Å². The van der Waals surface area contributed by atoms with Crippen LogP contribution in [0.25, 0.3) is 0 Å². The van der Waals surface area contributed by atoms with E-state index in [0.29, 0.717) is 13.1 Å². The van der Waals surface area contributed by atoms with E-state index >= 15 is 0 Å². The SMILES string of the molecule is CN(C)C(=O)C1CCN(C(=O)C2(c3ccc(F)cc3)CCC2)CC1. The molecule has 3 rings (SSSR count). The van der Waals surface area contributed by atoms with Gasteiger partial charge < -0.3 is 9.80 Å². The first-order valence-corrected chi connectivity index (χ1v) is 8.70. The minimum atomic E-state index is -0.480. The minimum absolute atomic E-state index is 0.0206. The third kappa shape index (κ3) is 2.92. The molecule has 1 aliphatic carbocycles. The third-order valence-corrected chi connectivity index (χ3v) is 5.59. The van der Waals surface area contributed by atoms with Crippen molar-refractivity contribution >= 4 is 11.8 Å². The summed E-state index contributed by atoms with van der Waals surface area (Å²) < 4.78 is 13.2. The lowest BCUT2D eigenvalue weighted by molar-refractivity contribution is -0.145. The molecule has 1 aliphatic heterocycles. The van der Waals surface area contributed by atoms with Gasteiger partial charge >= 0.3 is 0 Å². The van der Waals surface area contributed by atoms with Crippen LogP contribution in [0.1, 0.15) is 37.7 Å². The van der Waals surface area contributed by atoms with E-state index in [0.717, 1.165) is 37.7 Å². The average Bonchev–Trinajstić information content (AvgIpc) is 2.55. The first-order valence-electron chi connectivity index (χ1n) is 8.70. The van der Waals surface area contributed by atoms with Crippen LogP contribution in [-0.2, 0) is 15.0 Å². The number of carbonyl (C=O) groups excluding carboxylic acids is 2. The predicted molar refractivity (Wildman–Crippen MR) is 89.9 cm³/mol. The molecule has 2 amide bonds. The minimum Gasteiger partial charge on any atom is -0.349 e. The zero-order valence-electron chi connectivity index (χ0n) is 14.4. The lowest BCUT2D eigenvalue weighted by Crippen LogP contribution is -2.53. The molecule has 4 nitrogen and oxygen atoms in total. The number of amides is 2. The molecule has 1 saturated heterocycles. The number of hydrogen-bond acceptors (Lipinski definition) is 2. The third-order valence-electron chi connectivity index (χ3n) is 5.59. The maximum atomic E-state index is 13.2. The molecule has 1 aromatic carbocycles. The van der Waals surface area contributed by atoms with Crippen molar-refractivity contribution < 1.29 is 14.0 Å². The average molecular weight is 332 g/mol. The van der Waals surface area contributed by atoms with Crippen LogP contribution in [-0.4, -0.2) is 48.8 Å². The number of benzene rings is 1. The number of carbonyl (C=O) groups is 2. The van der Waals surface area contributed by atoms with Gasteiger partial charge in [-0.15, -0.1) is 0 Å². The molecule has 5 heteroatoms. The Bertz CT molecular complexity index is 615. The maximum absolute atomic E-state index is 13.2. The van der Waals surface area contributed by atoms with E-state index in [1.807, 2.05) is 4.90 Å². The second-order valence-electron chi connectivity index (χ2n) is 7.24. The van der Waals surface area contributed by atoms with Crippen LogP contribution in [0.4, 0.5) is 4.39 Å². The van der Waals surface area contributed by atoms with E-state index in [2.05, 4.69) is 0 Å². The number of rotatable bonds is 3. The molecule has 0 radical (unpaired) electrons. The number of likely N-dealkylation sites (tertiary alicyclic amines) is 1.